The van der Waals surface area contributed by atoms with E-state index in [4.69, 9.17) is 0 Å². The molecule has 1 N–H and O–H groups in total. The monoisotopic (exact) mass is 372 g/mol. The van der Waals surface area contributed by atoms with Gasteiger partial charge in [0.25, 0.3) is 5.91 Å². The number of aromatic hydroxyl groups is 1. The molecular formula is C24H24N2O2. The molecule has 1 atom stereocenters. The third-order valence-corrected chi connectivity index (χ3v) is 5.46. The molecule has 4 heteroatoms. The third-order valence-electron chi connectivity index (χ3n) is 5.46. The maximum absolute atomic E-state index is 12.9. The van der Waals surface area contributed by atoms with Gasteiger partial charge in [0.2, 0.25) is 0 Å². The van der Waals surface area contributed by atoms with Gasteiger partial charge in [0.1, 0.15) is 5.75 Å². The van der Waals surface area contributed by atoms with Crippen LogP contribution < -0.4 is 0 Å². The number of likely N-dealkylation sites (tertiary alicyclic amines) is 1. The number of pyridine rings is 1. The molecule has 0 radical (unpaired) electrons. The predicted molar refractivity (Wildman–Crippen MR) is 110 cm³/mol. The van der Waals surface area contributed by atoms with E-state index in [-0.39, 0.29) is 11.7 Å². The largest absolute Gasteiger partial charge is 0.508 e. The molecule has 28 heavy (non-hydrogen) atoms. The van der Waals surface area contributed by atoms with Crippen LogP contribution in [0, 0.1) is 0 Å². The summed E-state index contributed by atoms with van der Waals surface area (Å²) >= 11 is 0. The first-order valence-corrected chi connectivity index (χ1v) is 9.80. The van der Waals surface area contributed by atoms with Gasteiger partial charge in [0.05, 0.1) is 11.3 Å². The lowest BCUT2D eigenvalue weighted by molar-refractivity contribution is 0.0760. The van der Waals surface area contributed by atoms with Crippen molar-refractivity contribution in [3.05, 3.63) is 84.1 Å². The number of rotatable bonds is 3. The van der Waals surface area contributed by atoms with Crippen LogP contribution in [-0.4, -0.2) is 34.0 Å². The van der Waals surface area contributed by atoms with Crippen LogP contribution in [0.2, 0.25) is 0 Å². The molecule has 1 aliphatic heterocycles. The van der Waals surface area contributed by atoms with Gasteiger partial charge in [-0.1, -0.05) is 30.3 Å². The fourth-order valence-electron chi connectivity index (χ4n) is 3.86. The first-order valence-electron chi connectivity index (χ1n) is 9.80. The highest BCUT2D eigenvalue weighted by Crippen LogP contribution is 2.28. The summed E-state index contributed by atoms with van der Waals surface area (Å²) in [6.07, 6.45) is 4.79. The molecule has 4 nitrogen and oxygen atoms in total. The lowest BCUT2D eigenvalue weighted by Crippen LogP contribution is -2.32. The molecule has 3 aromatic rings. The van der Waals surface area contributed by atoms with Crippen molar-refractivity contribution < 1.29 is 9.90 Å². The Morgan fingerprint density at radius 2 is 1.71 bits per heavy atom. The third kappa shape index (κ3) is 4.06. The van der Waals surface area contributed by atoms with E-state index in [1.54, 1.807) is 18.3 Å². The zero-order valence-corrected chi connectivity index (χ0v) is 15.8. The molecule has 0 spiro atoms. The second-order valence-corrected chi connectivity index (χ2v) is 7.31. The second kappa shape index (κ2) is 8.26. The maximum Gasteiger partial charge on any atom is 0.255 e. The summed E-state index contributed by atoms with van der Waals surface area (Å²) in [4.78, 5) is 19.4. The van der Waals surface area contributed by atoms with Gasteiger partial charge in [-0.3, -0.25) is 9.78 Å². The number of hydrogen-bond acceptors (Lipinski definition) is 3. The molecule has 0 unspecified atom stereocenters. The molecule has 0 aliphatic carbocycles. The Labute approximate surface area is 165 Å². The molecule has 142 valence electrons. The van der Waals surface area contributed by atoms with E-state index in [9.17, 15) is 9.90 Å². The molecule has 1 aromatic heterocycles. The van der Waals surface area contributed by atoms with Crippen LogP contribution in [0.4, 0.5) is 0 Å². The molecule has 0 saturated carbocycles. The normalized spacial score (nSPS) is 17.1. The molecule has 0 bridgehead atoms. The number of hydrogen-bond donors (Lipinski definition) is 1. The fourth-order valence-corrected chi connectivity index (χ4v) is 3.86. The average molecular weight is 372 g/mol. The van der Waals surface area contributed by atoms with Crippen LogP contribution >= 0.6 is 0 Å². The maximum atomic E-state index is 12.9. The Kier molecular flexibility index (Phi) is 5.38. The van der Waals surface area contributed by atoms with Crippen molar-refractivity contribution in [1.29, 1.82) is 0 Å². The van der Waals surface area contributed by atoms with E-state index in [0.717, 1.165) is 43.6 Å². The van der Waals surface area contributed by atoms with Gasteiger partial charge in [-0.05, 0) is 67.1 Å². The summed E-state index contributed by atoms with van der Waals surface area (Å²) in [7, 11) is 0. The highest BCUT2D eigenvalue weighted by Gasteiger charge is 2.22. The summed E-state index contributed by atoms with van der Waals surface area (Å²) in [5, 5.41) is 9.41. The smallest absolute Gasteiger partial charge is 0.255 e. The van der Waals surface area contributed by atoms with Crippen LogP contribution in [0.3, 0.4) is 0 Å². The van der Waals surface area contributed by atoms with Gasteiger partial charge in [0.15, 0.2) is 0 Å². The van der Waals surface area contributed by atoms with Crippen molar-refractivity contribution in [2.24, 2.45) is 0 Å². The zero-order valence-electron chi connectivity index (χ0n) is 15.8. The summed E-state index contributed by atoms with van der Waals surface area (Å²) in [5.74, 6) is 0.804. The Bertz CT molecular complexity index is 921. The van der Waals surface area contributed by atoms with Crippen LogP contribution in [0.5, 0.6) is 5.75 Å². The predicted octanol–water partition coefficient (Wildman–Crippen LogP) is 4.86. The van der Waals surface area contributed by atoms with Gasteiger partial charge >= 0.3 is 0 Å². The van der Waals surface area contributed by atoms with Crippen molar-refractivity contribution in [1.82, 2.24) is 9.88 Å². The number of phenolic OH excluding ortho intramolecular Hbond substituents is 1. The number of carbonyl (C=O) groups excluding carboxylic acids is 1. The summed E-state index contributed by atoms with van der Waals surface area (Å²) in [6.45, 7) is 1.57. The standard InChI is InChI=1S/C24H24N2O2/c27-22-11-8-20(9-12-22)23-13-10-21(17-25-23)24(28)26-15-4-7-19(14-16-26)18-5-2-1-3-6-18/h1-3,5-6,8-13,17,19,27H,4,7,14-16H2/t19-/m0/s1. The van der Waals surface area contributed by atoms with E-state index in [0.29, 0.717) is 11.5 Å². The first-order chi connectivity index (χ1) is 13.7. The average Bonchev–Trinajstić information content (AvgIpc) is 3.01. The summed E-state index contributed by atoms with van der Waals surface area (Å²) in [6, 6.07) is 21.2. The molecule has 1 fully saturated rings. The van der Waals surface area contributed by atoms with Crippen LogP contribution in [-0.2, 0) is 0 Å². The molecule has 2 heterocycles. The van der Waals surface area contributed by atoms with E-state index in [2.05, 4.69) is 29.2 Å². The highest BCUT2D eigenvalue weighted by molar-refractivity contribution is 5.94. The van der Waals surface area contributed by atoms with Crippen molar-refractivity contribution in [2.45, 2.75) is 25.2 Å². The number of nitrogens with zero attached hydrogens (tertiary/aromatic N) is 2. The summed E-state index contributed by atoms with van der Waals surface area (Å²) < 4.78 is 0. The van der Waals surface area contributed by atoms with Crippen LogP contribution in [0.25, 0.3) is 11.3 Å². The lowest BCUT2D eigenvalue weighted by atomic mass is 9.92. The fraction of sp³-hybridized carbons (Fsp3) is 0.250. The van der Waals surface area contributed by atoms with Crippen molar-refractivity contribution in [2.75, 3.05) is 13.1 Å². The van der Waals surface area contributed by atoms with E-state index >= 15 is 0 Å². The number of phenols is 1. The van der Waals surface area contributed by atoms with E-state index in [1.807, 2.05) is 35.2 Å². The number of aromatic nitrogens is 1. The van der Waals surface area contributed by atoms with Crippen molar-refractivity contribution in [3.63, 3.8) is 0 Å². The minimum absolute atomic E-state index is 0.0541. The Morgan fingerprint density at radius 1 is 0.929 bits per heavy atom. The lowest BCUT2D eigenvalue weighted by Gasteiger charge is -2.21. The van der Waals surface area contributed by atoms with Crippen molar-refractivity contribution in [3.8, 4) is 17.0 Å². The Balaban J connectivity index is 1.43. The molecule has 1 amide bonds. The van der Waals surface area contributed by atoms with Crippen LogP contribution in [0.1, 0.15) is 41.1 Å². The topological polar surface area (TPSA) is 53.4 Å². The number of benzene rings is 2. The summed E-state index contributed by atoms with van der Waals surface area (Å²) in [5.41, 5.74) is 3.70. The van der Waals surface area contributed by atoms with E-state index < -0.39 is 0 Å². The Morgan fingerprint density at radius 3 is 2.43 bits per heavy atom. The van der Waals surface area contributed by atoms with Gasteiger partial charge in [-0.15, -0.1) is 0 Å². The second-order valence-electron chi connectivity index (χ2n) is 7.31. The number of amides is 1. The highest BCUT2D eigenvalue weighted by atomic mass is 16.3. The minimum atomic E-state index is 0.0541. The molecule has 4 rings (SSSR count). The zero-order chi connectivity index (χ0) is 19.3. The quantitative estimate of drug-likeness (QED) is 0.714. The van der Waals surface area contributed by atoms with Gasteiger partial charge < -0.3 is 10.0 Å². The molecule has 1 aliphatic rings. The Hall–Kier alpha value is -3.14. The van der Waals surface area contributed by atoms with E-state index in [1.165, 1.54) is 5.56 Å². The number of carbonyl (C=O) groups is 1. The van der Waals surface area contributed by atoms with Gasteiger partial charge in [-0.25, -0.2) is 0 Å². The minimum Gasteiger partial charge on any atom is -0.508 e. The van der Waals surface area contributed by atoms with Gasteiger partial charge in [-0.2, -0.15) is 0 Å². The molecule has 1 saturated heterocycles. The van der Waals surface area contributed by atoms with Crippen LogP contribution in [0.15, 0.2) is 72.9 Å². The van der Waals surface area contributed by atoms with Crippen molar-refractivity contribution >= 4 is 5.91 Å². The SMILES string of the molecule is O=C(c1ccc(-c2ccc(O)cc2)nc1)N1CCC[C@H](c2ccccc2)CC1. The van der Waals surface area contributed by atoms with Gasteiger partial charge in [0, 0.05) is 24.8 Å². The molecular weight excluding hydrogens is 348 g/mol. The first kappa shape index (κ1) is 18.2. The molecule has 2 aromatic carbocycles.